The molecule has 0 aliphatic carbocycles. The molecule has 1 heterocycles. The van der Waals surface area contributed by atoms with E-state index in [9.17, 15) is 4.79 Å². The zero-order chi connectivity index (χ0) is 19.1. The average molecular weight is 405 g/mol. The first-order valence-corrected chi connectivity index (χ1v) is 9.61. The molecule has 27 heavy (non-hydrogen) atoms. The Labute approximate surface area is 169 Å². The molecule has 1 aliphatic rings. The molecular weight excluding hydrogens is 383 g/mol. The van der Waals surface area contributed by atoms with Crippen LogP contribution in [0.25, 0.3) is 0 Å². The van der Waals surface area contributed by atoms with Gasteiger partial charge in [-0.15, -0.1) is 0 Å². The molecule has 0 saturated carbocycles. The number of hydrogen-bond acceptors (Lipinski definition) is 4. The first-order valence-electron chi connectivity index (χ1n) is 8.86. The maximum Gasteiger partial charge on any atom is 0.254 e. The topological polar surface area (TPSA) is 47.9 Å². The van der Waals surface area contributed by atoms with Crippen molar-refractivity contribution in [2.75, 3.05) is 32.7 Å². The normalized spacial score (nSPS) is 15.9. The molecule has 5 nitrogen and oxygen atoms in total. The molecule has 1 N–H and O–H groups in total. The van der Waals surface area contributed by atoms with Gasteiger partial charge < -0.3 is 0 Å². The van der Waals surface area contributed by atoms with Gasteiger partial charge in [0, 0.05) is 32.7 Å². The Kier molecular flexibility index (Phi) is 7.24. The zero-order valence-electron chi connectivity index (χ0n) is 14.9. The lowest BCUT2D eigenvalue weighted by molar-refractivity contribution is -0.122. The quantitative estimate of drug-likeness (QED) is 0.593. The van der Waals surface area contributed by atoms with Gasteiger partial charge in [0.1, 0.15) is 0 Å². The second-order valence-electron chi connectivity index (χ2n) is 6.50. The molecular formula is C20H22Cl2N4O. The molecule has 3 rings (SSSR count). The van der Waals surface area contributed by atoms with Gasteiger partial charge in [-0.2, -0.15) is 5.10 Å². The molecule has 0 atom stereocenters. The number of halogens is 2. The van der Waals surface area contributed by atoms with E-state index >= 15 is 0 Å². The van der Waals surface area contributed by atoms with Crippen molar-refractivity contribution in [1.82, 2.24) is 15.2 Å². The first-order chi connectivity index (χ1) is 13.1. The van der Waals surface area contributed by atoms with Gasteiger partial charge in [-0.05, 0) is 23.3 Å². The highest BCUT2D eigenvalue weighted by molar-refractivity contribution is 6.42. The van der Waals surface area contributed by atoms with Crippen LogP contribution in [0.1, 0.15) is 11.1 Å². The summed E-state index contributed by atoms with van der Waals surface area (Å²) >= 11 is 11.8. The monoisotopic (exact) mass is 404 g/mol. The van der Waals surface area contributed by atoms with E-state index in [4.69, 9.17) is 23.2 Å². The number of hydrazone groups is 1. The van der Waals surface area contributed by atoms with E-state index in [-0.39, 0.29) is 5.91 Å². The summed E-state index contributed by atoms with van der Waals surface area (Å²) in [6, 6.07) is 15.6. The van der Waals surface area contributed by atoms with E-state index in [1.807, 2.05) is 6.07 Å². The Morgan fingerprint density at radius 1 is 1.00 bits per heavy atom. The summed E-state index contributed by atoms with van der Waals surface area (Å²) in [6.45, 7) is 4.95. The van der Waals surface area contributed by atoms with Crippen LogP contribution >= 0.6 is 23.2 Å². The Bertz CT molecular complexity index is 790. The highest BCUT2D eigenvalue weighted by Gasteiger charge is 2.18. The van der Waals surface area contributed by atoms with Crippen molar-refractivity contribution in [3.63, 3.8) is 0 Å². The highest BCUT2D eigenvalue weighted by Crippen LogP contribution is 2.21. The summed E-state index contributed by atoms with van der Waals surface area (Å²) in [6.07, 6.45) is 1.55. The Balaban J connectivity index is 1.39. The molecule has 1 aliphatic heterocycles. The lowest BCUT2D eigenvalue weighted by Gasteiger charge is -2.34. The number of hydrogen-bond donors (Lipinski definition) is 1. The molecule has 0 bridgehead atoms. The number of benzene rings is 2. The van der Waals surface area contributed by atoms with Crippen molar-refractivity contribution < 1.29 is 4.79 Å². The number of piperazine rings is 1. The van der Waals surface area contributed by atoms with Gasteiger partial charge >= 0.3 is 0 Å². The summed E-state index contributed by atoms with van der Waals surface area (Å²) in [7, 11) is 0. The Morgan fingerprint density at radius 2 is 1.70 bits per heavy atom. The molecule has 1 amide bonds. The predicted molar refractivity (Wildman–Crippen MR) is 110 cm³/mol. The van der Waals surface area contributed by atoms with Crippen molar-refractivity contribution >= 4 is 35.3 Å². The fourth-order valence-electron chi connectivity index (χ4n) is 2.96. The van der Waals surface area contributed by atoms with Crippen LogP contribution < -0.4 is 5.43 Å². The summed E-state index contributed by atoms with van der Waals surface area (Å²) in [5, 5.41) is 4.93. The fraction of sp³-hybridized carbons (Fsp3) is 0.300. The highest BCUT2D eigenvalue weighted by atomic mass is 35.5. The van der Waals surface area contributed by atoms with Crippen LogP contribution in [0.2, 0.25) is 10.0 Å². The molecule has 0 unspecified atom stereocenters. The van der Waals surface area contributed by atoms with Gasteiger partial charge in [-0.1, -0.05) is 59.6 Å². The average Bonchev–Trinajstić information content (AvgIpc) is 2.67. The van der Waals surface area contributed by atoms with E-state index in [1.165, 1.54) is 5.56 Å². The molecule has 0 spiro atoms. The summed E-state index contributed by atoms with van der Waals surface area (Å²) < 4.78 is 0. The third-order valence-electron chi connectivity index (χ3n) is 4.43. The standard InChI is InChI=1S/C20H22Cl2N4O/c21-18-7-6-17(12-19(18)22)13-23-24-20(27)15-26-10-8-25(9-11-26)14-16-4-2-1-3-5-16/h1-7,12-13H,8-11,14-15H2,(H,24,27)/b23-13+. The Morgan fingerprint density at radius 3 is 2.41 bits per heavy atom. The first kappa shape index (κ1) is 19.8. The lowest BCUT2D eigenvalue weighted by Crippen LogP contribution is -2.48. The third kappa shape index (κ3) is 6.33. The van der Waals surface area contributed by atoms with Gasteiger partial charge in [0.25, 0.3) is 5.91 Å². The van der Waals surface area contributed by atoms with Crippen molar-refractivity contribution in [3.05, 3.63) is 69.7 Å². The maximum absolute atomic E-state index is 12.1. The predicted octanol–water partition coefficient (Wildman–Crippen LogP) is 3.26. The fourth-order valence-corrected chi connectivity index (χ4v) is 3.26. The van der Waals surface area contributed by atoms with E-state index in [0.717, 1.165) is 38.3 Å². The van der Waals surface area contributed by atoms with Crippen LogP contribution in [0.4, 0.5) is 0 Å². The number of rotatable bonds is 6. The van der Waals surface area contributed by atoms with Gasteiger partial charge in [-0.3, -0.25) is 14.6 Å². The minimum atomic E-state index is -0.122. The van der Waals surface area contributed by atoms with Crippen molar-refractivity contribution in [2.24, 2.45) is 5.10 Å². The summed E-state index contributed by atoms with van der Waals surface area (Å²) in [5.74, 6) is -0.122. The smallest absolute Gasteiger partial charge is 0.254 e. The minimum absolute atomic E-state index is 0.122. The zero-order valence-corrected chi connectivity index (χ0v) is 16.5. The van der Waals surface area contributed by atoms with Crippen molar-refractivity contribution in [1.29, 1.82) is 0 Å². The third-order valence-corrected chi connectivity index (χ3v) is 5.17. The van der Waals surface area contributed by atoms with Crippen LogP contribution in [-0.4, -0.2) is 54.6 Å². The van der Waals surface area contributed by atoms with Gasteiger partial charge in [0.15, 0.2) is 0 Å². The molecule has 0 radical (unpaired) electrons. The maximum atomic E-state index is 12.1. The van der Waals surface area contributed by atoms with E-state index in [0.29, 0.717) is 16.6 Å². The SMILES string of the molecule is O=C(CN1CCN(Cc2ccccc2)CC1)N/N=C/c1ccc(Cl)c(Cl)c1. The van der Waals surface area contributed by atoms with Crippen LogP contribution in [-0.2, 0) is 11.3 Å². The van der Waals surface area contributed by atoms with E-state index in [1.54, 1.807) is 24.4 Å². The minimum Gasteiger partial charge on any atom is -0.297 e. The number of nitrogens with one attached hydrogen (secondary N) is 1. The van der Waals surface area contributed by atoms with Gasteiger partial charge in [0.05, 0.1) is 22.8 Å². The second-order valence-corrected chi connectivity index (χ2v) is 7.32. The molecule has 142 valence electrons. The molecule has 7 heteroatoms. The van der Waals surface area contributed by atoms with Crippen molar-refractivity contribution in [2.45, 2.75) is 6.54 Å². The summed E-state index contributed by atoms with van der Waals surface area (Å²) in [4.78, 5) is 16.6. The van der Waals surface area contributed by atoms with Gasteiger partial charge in [0.2, 0.25) is 0 Å². The molecule has 0 aromatic heterocycles. The van der Waals surface area contributed by atoms with E-state index in [2.05, 4.69) is 44.6 Å². The Hall–Kier alpha value is -1.92. The number of amides is 1. The number of nitrogens with zero attached hydrogens (tertiary/aromatic N) is 3. The largest absolute Gasteiger partial charge is 0.297 e. The van der Waals surface area contributed by atoms with Crippen LogP contribution in [0, 0.1) is 0 Å². The molecule has 2 aromatic carbocycles. The van der Waals surface area contributed by atoms with E-state index < -0.39 is 0 Å². The number of carbonyl (C=O) groups is 1. The lowest BCUT2D eigenvalue weighted by atomic mass is 10.2. The van der Waals surface area contributed by atoms with Crippen molar-refractivity contribution in [3.8, 4) is 0 Å². The molecule has 2 aromatic rings. The number of carbonyl (C=O) groups excluding carboxylic acids is 1. The van der Waals surface area contributed by atoms with Crippen LogP contribution in [0.15, 0.2) is 53.6 Å². The molecule has 1 saturated heterocycles. The van der Waals surface area contributed by atoms with Crippen LogP contribution in [0.5, 0.6) is 0 Å². The molecule has 1 fully saturated rings. The van der Waals surface area contributed by atoms with Gasteiger partial charge in [-0.25, -0.2) is 5.43 Å². The second kappa shape index (κ2) is 9.85. The summed E-state index contributed by atoms with van der Waals surface area (Å²) in [5.41, 5.74) is 4.66. The van der Waals surface area contributed by atoms with Crippen LogP contribution in [0.3, 0.4) is 0 Å².